The van der Waals surface area contributed by atoms with E-state index in [1.807, 2.05) is 4.90 Å². The lowest BCUT2D eigenvalue weighted by atomic mass is 9.95. The monoisotopic (exact) mass is 424 g/mol. The predicted octanol–water partition coefficient (Wildman–Crippen LogP) is 3.94. The third kappa shape index (κ3) is 3.94. The Hall–Kier alpha value is -2.43. The molecule has 2 aromatic heterocycles. The Morgan fingerprint density at radius 2 is 2.20 bits per heavy atom. The van der Waals surface area contributed by atoms with Crippen molar-refractivity contribution in [1.82, 2.24) is 9.88 Å². The number of nitriles is 1. The molecule has 0 aromatic carbocycles. The number of pyridine rings is 1. The Labute approximate surface area is 182 Å². The van der Waals surface area contributed by atoms with Gasteiger partial charge in [-0.15, -0.1) is 0 Å². The smallest absolute Gasteiger partial charge is 0.225 e. The van der Waals surface area contributed by atoms with Gasteiger partial charge in [0.1, 0.15) is 11.9 Å². The minimum absolute atomic E-state index is 0.0673. The van der Waals surface area contributed by atoms with Crippen LogP contribution in [0.25, 0.3) is 11.1 Å². The van der Waals surface area contributed by atoms with E-state index in [0.29, 0.717) is 44.1 Å². The second kappa shape index (κ2) is 8.75. The lowest BCUT2D eigenvalue weighted by Gasteiger charge is -2.41. The first-order chi connectivity index (χ1) is 14.5. The molecule has 1 saturated carbocycles. The van der Waals surface area contributed by atoms with Crippen molar-refractivity contribution in [3.8, 4) is 17.2 Å². The number of piperazine rings is 1. The summed E-state index contributed by atoms with van der Waals surface area (Å²) in [5, 5.41) is 14.2. The first-order valence-electron chi connectivity index (χ1n) is 10.6. The summed E-state index contributed by atoms with van der Waals surface area (Å²) in [4.78, 5) is 21.7. The second-order valence-electron chi connectivity index (χ2n) is 8.22. The highest BCUT2D eigenvalue weighted by molar-refractivity contribution is 7.08. The van der Waals surface area contributed by atoms with Gasteiger partial charge < -0.3 is 14.5 Å². The van der Waals surface area contributed by atoms with Crippen LogP contribution in [-0.4, -0.2) is 55.2 Å². The van der Waals surface area contributed by atoms with Crippen LogP contribution >= 0.6 is 11.3 Å². The van der Waals surface area contributed by atoms with Gasteiger partial charge in [0, 0.05) is 44.3 Å². The molecular weight excluding hydrogens is 396 g/mol. The van der Waals surface area contributed by atoms with Crippen molar-refractivity contribution in [2.75, 3.05) is 38.3 Å². The largest absolute Gasteiger partial charge is 0.384 e. The number of nitrogens with zero attached hydrogens (tertiary/aromatic N) is 4. The summed E-state index contributed by atoms with van der Waals surface area (Å²) in [6, 6.07) is 4.62. The van der Waals surface area contributed by atoms with Crippen LogP contribution in [0.5, 0.6) is 0 Å². The highest BCUT2D eigenvalue weighted by Gasteiger charge is 2.34. The van der Waals surface area contributed by atoms with Gasteiger partial charge in [-0.3, -0.25) is 4.79 Å². The third-order valence-corrected chi connectivity index (χ3v) is 6.79. The minimum atomic E-state index is 0.0673. The van der Waals surface area contributed by atoms with Crippen molar-refractivity contribution in [2.45, 2.75) is 45.1 Å². The van der Waals surface area contributed by atoms with E-state index in [-0.39, 0.29) is 11.9 Å². The van der Waals surface area contributed by atoms with E-state index in [0.717, 1.165) is 41.0 Å². The van der Waals surface area contributed by atoms with E-state index in [2.05, 4.69) is 41.6 Å². The quantitative estimate of drug-likeness (QED) is 0.702. The maximum absolute atomic E-state index is 12.5. The molecule has 1 aliphatic heterocycles. The van der Waals surface area contributed by atoms with E-state index in [1.54, 1.807) is 18.4 Å². The summed E-state index contributed by atoms with van der Waals surface area (Å²) in [5.74, 6) is 1.39. The normalized spacial score (nSPS) is 19.1. The Bertz CT molecular complexity index is 963. The molecule has 0 radical (unpaired) electrons. The lowest BCUT2D eigenvalue weighted by molar-refractivity contribution is -0.134. The summed E-state index contributed by atoms with van der Waals surface area (Å²) in [7, 11) is 1.61. The van der Waals surface area contributed by atoms with Crippen LogP contribution in [0, 0.1) is 18.3 Å². The zero-order valence-electron chi connectivity index (χ0n) is 17.9. The Morgan fingerprint density at radius 1 is 1.40 bits per heavy atom. The van der Waals surface area contributed by atoms with Gasteiger partial charge in [-0.2, -0.15) is 16.6 Å². The summed E-state index contributed by atoms with van der Waals surface area (Å²) < 4.78 is 5.05. The molecule has 2 aliphatic rings. The standard InChI is InChI=1S/C23H28N4O2S/c1-15-13-26(8-9-27(15)20(28)6-10-29-3)23-19(12-24)16(2)21(18-7-11-30-14-18)22(25-23)17-4-5-17/h7,11,14-15,17H,4-6,8-10,13H2,1-3H3. The first-order valence-corrected chi connectivity index (χ1v) is 11.5. The molecule has 30 heavy (non-hydrogen) atoms. The van der Waals surface area contributed by atoms with Gasteiger partial charge >= 0.3 is 0 Å². The zero-order valence-corrected chi connectivity index (χ0v) is 18.7. The number of methoxy groups -OCH3 is 1. The van der Waals surface area contributed by atoms with Gasteiger partial charge in [-0.05, 0) is 54.6 Å². The number of anilines is 1. The molecule has 2 fully saturated rings. The molecule has 7 heteroatoms. The highest BCUT2D eigenvalue weighted by Crippen LogP contribution is 2.46. The summed E-state index contributed by atoms with van der Waals surface area (Å²) in [5.41, 5.74) is 5.12. The molecule has 0 N–H and O–H groups in total. The third-order valence-electron chi connectivity index (χ3n) is 6.11. The molecule has 2 aromatic rings. The van der Waals surface area contributed by atoms with Gasteiger partial charge in [0.25, 0.3) is 0 Å². The van der Waals surface area contributed by atoms with E-state index in [1.165, 1.54) is 0 Å². The fourth-order valence-electron chi connectivity index (χ4n) is 4.35. The molecule has 1 atom stereocenters. The van der Waals surface area contributed by atoms with Crippen molar-refractivity contribution >= 4 is 23.1 Å². The average molecular weight is 425 g/mol. The molecule has 6 nitrogen and oxygen atoms in total. The highest BCUT2D eigenvalue weighted by atomic mass is 32.1. The van der Waals surface area contributed by atoms with Gasteiger partial charge in [0.15, 0.2) is 0 Å². The van der Waals surface area contributed by atoms with Crippen LogP contribution in [0.4, 0.5) is 5.82 Å². The number of carbonyl (C=O) groups excluding carboxylic acids is 1. The summed E-state index contributed by atoms with van der Waals surface area (Å²) in [6.45, 7) is 6.57. The molecule has 4 rings (SSSR count). The van der Waals surface area contributed by atoms with E-state index >= 15 is 0 Å². The number of hydrogen-bond donors (Lipinski definition) is 0. The van der Waals surface area contributed by atoms with E-state index < -0.39 is 0 Å². The number of aromatic nitrogens is 1. The number of amides is 1. The van der Waals surface area contributed by atoms with Crippen LogP contribution in [0.15, 0.2) is 16.8 Å². The van der Waals surface area contributed by atoms with Crippen LogP contribution < -0.4 is 4.90 Å². The molecule has 1 unspecified atom stereocenters. The van der Waals surface area contributed by atoms with Gasteiger partial charge in [0.2, 0.25) is 5.91 Å². The number of rotatable bonds is 6. The molecule has 0 spiro atoms. The van der Waals surface area contributed by atoms with Crippen molar-refractivity contribution in [3.05, 3.63) is 33.6 Å². The Kier molecular flexibility index (Phi) is 6.07. The maximum Gasteiger partial charge on any atom is 0.225 e. The molecule has 1 saturated heterocycles. The molecule has 1 aliphatic carbocycles. The SMILES string of the molecule is COCCC(=O)N1CCN(c2nc(C3CC3)c(-c3ccsc3)c(C)c2C#N)CC1C. The number of thiophene rings is 1. The Balaban J connectivity index is 1.65. The van der Waals surface area contributed by atoms with Gasteiger partial charge in [-0.25, -0.2) is 4.98 Å². The average Bonchev–Trinajstić information content (AvgIpc) is 3.45. The fraction of sp³-hybridized carbons (Fsp3) is 0.522. The van der Waals surface area contributed by atoms with Crippen molar-refractivity contribution in [2.24, 2.45) is 0 Å². The van der Waals surface area contributed by atoms with Crippen LogP contribution in [-0.2, 0) is 9.53 Å². The van der Waals surface area contributed by atoms with Crippen LogP contribution in [0.1, 0.15) is 48.9 Å². The van der Waals surface area contributed by atoms with Crippen molar-refractivity contribution in [3.63, 3.8) is 0 Å². The minimum Gasteiger partial charge on any atom is -0.384 e. The van der Waals surface area contributed by atoms with E-state index in [4.69, 9.17) is 9.72 Å². The number of carbonyl (C=O) groups is 1. The first kappa shape index (κ1) is 20.8. The topological polar surface area (TPSA) is 69.5 Å². The zero-order chi connectivity index (χ0) is 21.3. The molecule has 158 valence electrons. The molecule has 3 heterocycles. The van der Waals surface area contributed by atoms with Gasteiger partial charge in [0.05, 0.1) is 24.3 Å². The molecule has 0 bridgehead atoms. The lowest BCUT2D eigenvalue weighted by Crippen LogP contribution is -2.54. The number of ether oxygens (including phenoxy) is 1. The Morgan fingerprint density at radius 3 is 2.80 bits per heavy atom. The summed E-state index contributed by atoms with van der Waals surface area (Å²) in [6.07, 6.45) is 2.73. The van der Waals surface area contributed by atoms with Crippen molar-refractivity contribution < 1.29 is 9.53 Å². The van der Waals surface area contributed by atoms with Gasteiger partial charge in [-0.1, -0.05) is 0 Å². The predicted molar refractivity (Wildman–Crippen MR) is 119 cm³/mol. The van der Waals surface area contributed by atoms with Crippen molar-refractivity contribution in [1.29, 1.82) is 5.26 Å². The number of hydrogen-bond acceptors (Lipinski definition) is 6. The van der Waals surface area contributed by atoms with E-state index in [9.17, 15) is 10.1 Å². The fourth-order valence-corrected chi connectivity index (χ4v) is 5.00. The van der Waals surface area contributed by atoms with Crippen LogP contribution in [0.2, 0.25) is 0 Å². The second-order valence-corrected chi connectivity index (χ2v) is 9.00. The maximum atomic E-state index is 12.5. The molecular formula is C23H28N4O2S. The summed E-state index contributed by atoms with van der Waals surface area (Å²) >= 11 is 1.67. The van der Waals surface area contributed by atoms with Crippen LogP contribution in [0.3, 0.4) is 0 Å². The molecule has 1 amide bonds.